The predicted molar refractivity (Wildman–Crippen MR) is 302 cm³/mol. The molecule has 0 N–H and O–H groups in total. The second kappa shape index (κ2) is 57.9. The molecule has 400 valence electrons. The molecule has 0 aliphatic heterocycles. The summed E-state index contributed by atoms with van der Waals surface area (Å²) in [5, 5.41) is 0. The van der Waals surface area contributed by atoms with Gasteiger partial charge >= 0.3 is 17.9 Å². The summed E-state index contributed by atoms with van der Waals surface area (Å²) in [6.45, 7) is 6.48. The Bertz CT molecular complexity index is 1400. The number of unbranched alkanes of at least 4 members (excludes halogenated alkanes) is 25. The van der Waals surface area contributed by atoms with Gasteiger partial charge in [-0.15, -0.1) is 0 Å². The van der Waals surface area contributed by atoms with Crippen LogP contribution in [0.1, 0.15) is 271 Å². The van der Waals surface area contributed by atoms with Crippen LogP contribution < -0.4 is 0 Å². The third-order valence-electron chi connectivity index (χ3n) is 12.3. The van der Waals surface area contributed by atoms with Crippen LogP contribution in [-0.4, -0.2) is 37.2 Å². The summed E-state index contributed by atoms with van der Waals surface area (Å²) in [6.07, 6.45) is 77.0. The van der Waals surface area contributed by atoms with Gasteiger partial charge in [-0.05, 0) is 103 Å². The monoisotopic (exact) mass is 973 g/mol. The first kappa shape index (κ1) is 66.3. The minimum absolute atomic E-state index is 0.0844. The quantitative estimate of drug-likeness (QED) is 0.0262. The van der Waals surface area contributed by atoms with E-state index in [2.05, 4.69) is 118 Å². The lowest BCUT2D eigenvalue weighted by atomic mass is 10.1. The molecule has 0 aliphatic carbocycles. The molecule has 1 unspecified atom stereocenters. The van der Waals surface area contributed by atoms with E-state index < -0.39 is 6.10 Å². The maximum atomic E-state index is 12.8. The fraction of sp³-hybridized carbons (Fsp3) is 0.703. The highest BCUT2D eigenvalue weighted by Crippen LogP contribution is 2.15. The fourth-order valence-electron chi connectivity index (χ4n) is 7.95. The molecule has 0 saturated heterocycles. The first-order valence-electron chi connectivity index (χ1n) is 29.2. The molecule has 0 aliphatic rings. The molecule has 0 saturated carbocycles. The Morgan fingerprint density at radius 1 is 0.300 bits per heavy atom. The second-order valence-corrected chi connectivity index (χ2v) is 19.2. The summed E-state index contributed by atoms with van der Waals surface area (Å²) in [6, 6.07) is 0. The Hall–Kier alpha value is -3.67. The van der Waals surface area contributed by atoms with Crippen molar-refractivity contribution in [2.75, 3.05) is 13.2 Å². The van der Waals surface area contributed by atoms with Crippen LogP contribution in [0.3, 0.4) is 0 Å². The number of rotatable bonds is 52. The van der Waals surface area contributed by atoms with E-state index >= 15 is 0 Å². The second-order valence-electron chi connectivity index (χ2n) is 19.2. The van der Waals surface area contributed by atoms with Crippen molar-refractivity contribution in [1.82, 2.24) is 0 Å². The summed E-state index contributed by atoms with van der Waals surface area (Å²) in [5.74, 6) is -0.910. The highest BCUT2D eigenvalue weighted by atomic mass is 16.6. The minimum Gasteiger partial charge on any atom is -0.462 e. The molecule has 0 amide bonds. The number of esters is 3. The molecule has 0 bridgehead atoms. The average molecular weight is 974 g/mol. The molecule has 6 heteroatoms. The lowest BCUT2D eigenvalue weighted by Gasteiger charge is -2.18. The molecule has 1 atom stereocenters. The zero-order valence-electron chi connectivity index (χ0n) is 45.8. The molecular formula is C64H108O6. The van der Waals surface area contributed by atoms with E-state index in [1.54, 1.807) is 0 Å². The number of allylic oxidation sites excluding steroid dienone is 16. The van der Waals surface area contributed by atoms with E-state index in [-0.39, 0.29) is 31.1 Å². The molecule has 6 nitrogen and oxygen atoms in total. The van der Waals surface area contributed by atoms with Crippen molar-refractivity contribution in [2.24, 2.45) is 0 Å². The van der Waals surface area contributed by atoms with E-state index in [0.29, 0.717) is 19.3 Å². The maximum absolute atomic E-state index is 12.8. The lowest BCUT2D eigenvalue weighted by molar-refractivity contribution is -0.167. The molecule has 0 spiro atoms. The molecule has 0 rings (SSSR count). The van der Waals surface area contributed by atoms with Crippen molar-refractivity contribution in [3.05, 3.63) is 97.2 Å². The number of carbonyl (C=O) groups is 3. The Morgan fingerprint density at radius 3 is 0.886 bits per heavy atom. The van der Waals surface area contributed by atoms with Crippen molar-refractivity contribution in [2.45, 2.75) is 277 Å². The van der Waals surface area contributed by atoms with Gasteiger partial charge in [-0.3, -0.25) is 14.4 Å². The molecule has 0 aromatic rings. The van der Waals surface area contributed by atoms with Gasteiger partial charge in [0.25, 0.3) is 0 Å². The van der Waals surface area contributed by atoms with Crippen molar-refractivity contribution in [3.8, 4) is 0 Å². The Balaban J connectivity index is 4.27. The summed E-state index contributed by atoms with van der Waals surface area (Å²) in [5.41, 5.74) is 0. The van der Waals surface area contributed by atoms with Crippen LogP contribution >= 0.6 is 0 Å². The minimum atomic E-state index is -0.786. The maximum Gasteiger partial charge on any atom is 0.306 e. The van der Waals surface area contributed by atoms with E-state index in [0.717, 1.165) is 122 Å². The highest BCUT2D eigenvalue weighted by Gasteiger charge is 2.19. The Labute approximate surface area is 432 Å². The van der Waals surface area contributed by atoms with Crippen molar-refractivity contribution < 1.29 is 28.6 Å². The molecule has 0 aromatic carbocycles. The zero-order chi connectivity index (χ0) is 50.7. The molecule has 0 aromatic heterocycles. The van der Waals surface area contributed by atoms with Crippen molar-refractivity contribution >= 4 is 17.9 Å². The molecule has 70 heavy (non-hydrogen) atoms. The average Bonchev–Trinajstić information content (AvgIpc) is 3.36. The third-order valence-corrected chi connectivity index (χ3v) is 12.3. The number of hydrogen-bond donors (Lipinski definition) is 0. The van der Waals surface area contributed by atoms with E-state index in [4.69, 9.17) is 14.2 Å². The van der Waals surface area contributed by atoms with Crippen LogP contribution in [0.5, 0.6) is 0 Å². The van der Waals surface area contributed by atoms with Crippen molar-refractivity contribution in [1.29, 1.82) is 0 Å². The van der Waals surface area contributed by atoms with Gasteiger partial charge < -0.3 is 14.2 Å². The first-order valence-corrected chi connectivity index (χ1v) is 29.2. The summed E-state index contributed by atoms with van der Waals surface area (Å²) >= 11 is 0. The van der Waals surface area contributed by atoms with E-state index in [9.17, 15) is 14.4 Å². The van der Waals surface area contributed by atoms with E-state index in [1.165, 1.54) is 109 Å². The van der Waals surface area contributed by atoms with Gasteiger partial charge in [0, 0.05) is 19.3 Å². The SMILES string of the molecule is CC/C=C\C/C=C\C/C=C\C/C=C\C/C=C\C/C=C\C/C=C\CCCCCCCC(=O)OCC(COC(=O)CCCCCCCCCC)OC(=O)CCCCCCCCC/C=C\CCCCCCCC. The third kappa shape index (κ3) is 55.3. The van der Waals surface area contributed by atoms with Gasteiger partial charge in [-0.1, -0.05) is 246 Å². The predicted octanol–water partition coefficient (Wildman–Crippen LogP) is 19.7. The van der Waals surface area contributed by atoms with Gasteiger partial charge in [0.05, 0.1) is 0 Å². The summed E-state index contributed by atoms with van der Waals surface area (Å²) in [7, 11) is 0. The smallest absolute Gasteiger partial charge is 0.306 e. The van der Waals surface area contributed by atoms with Crippen LogP contribution in [0.4, 0.5) is 0 Å². The highest BCUT2D eigenvalue weighted by molar-refractivity contribution is 5.71. The number of carbonyl (C=O) groups excluding carboxylic acids is 3. The van der Waals surface area contributed by atoms with Crippen LogP contribution in [0, 0.1) is 0 Å². The molecular weight excluding hydrogens is 865 g/mol. The lowest BCUT2D eigenvalue weighted by Crippen LogP contribution is -2.30. The zero-order valence-corrected chi connectivity index (χ0v) is 45.8. The van der Waals surface area contributed by atoms with Crippen LogP contribution in [0.15, 0.2) is 97.2 Å². The number of ether oxygens (including phenoxy) is 3. The summed E-state index contributed by atoms with van der Waals surface area (Å²) < 4.78 is 16.8. The van der Waals surface area contributed by atoms with Gasteiger partial charge in [0.2, 0.25) is 0 Å². The molecule has 0 fully saturated rings. The Morgan fingerprint density at radius 2 is 0.557 bits per heavy atom. The fourth-order valence-corrected chi connectivity index (χ4v) is 7.95. The van der Waals surface area contributed by atoms with Gasteiger partial charge in [0.15, 0.2) is 6.10 Å². The number of hydrogen-bond acceptors (Lipinski definition) is 6. The first-order chi connectivity index (χ1) is 34.5. The van der Waals surface area contributed by atoms with Crippen LogP contribution in [0.2, 0.25) is 0 Å². The van der Waals surface area contributed by atoms with Crippen LogP contribution in [-0.2, 0) is 28.6 Å². The van der Waals surface area contributed by atoms with Gasteiger partial charge in [-0.25, -0.2) is 0 Å². The normalized spacial score (nSPS) is 12.8. The Kier molecular flexibility index (Phi) is 54.9. The summed E-state index contributed by atoms with van der Waals surface area (Å²) in [4.78, 5) is 38.0. The van der Waals surface area contributed by atoms with E-state index in [1.807, 2.05) is 0 Å². The van der Waals surface area contributed by atoms with Gasteiger partial charge in [0.1, 0.15) is 13.2 Å². The van der Waals surface area contributed by atoms with Crippen molar-refractivity contribution in [3.63, 3.8) is 0 Å². The topological polar surface area (TPSA) is 78.9 Å². The largest absolute Gasteiger partial charge is 0.462 e. The molecule has 0 heterocycles. The van der Waals surface area contributed by atoms with Crippen LogP contribution in [0.25, 0.3) is 0 Å². The standard InChI is InChI=1S/C64H108O6/c1-4-7-10-13-16-19-21-23-25-27-28-29-30-31-32-33-34-35-36-38-39-41-43-45-48-51-54-57-63(66)69-60-61(59-68-62(65)56-53-50-47-18-15-12-9-6-3)70-64(67)58-55-52-49-46-44-42-40-37-26-24-22-20-17-14-11-8-5-2/h7,10,16,19,23-26,28-29,31-32,34-35,38-39,61H,4-6,8-9,11-15,17-18,20-22,27,30,33,36-37,40-60H2,1-3H3/b10-7-,19-16-,25-23-,26-24-,29-28-,32-31-,35-34-,39-38-. The van der Waals surface area contributed by atoms with Gasteiger partial charge in [-0.2, -0.15) is 0 Å². The molecule has 0 radical (unpaired) electrons.